The number of rotatable bonds is 7. The number of hydrazine groups is 1. The molecule has 2 fully saturated rings. The molecule has 2 aromatic carbocycles. The second-order valence-electron chi connectivity index (χ2n) is 9.03. The molecule has 184 valence electrons. The maximum atomic E-state index is 13.7. The van der Waals surface area contributed by atoms with E-state index in [1.165, 1.54) is 10.0 Å². The van der Waals surface area contributed by atoms with Crippen molar-refractivity contribution < 1.29 is 19.2 Å². The molecule has 0 saturated carbocycles. The Labute approximate surface area is 205 Å². The summed E-state index contributed by atoms with van der Waals surface area (Å²) in [4.78, 5) is 52.4. The predicted octanol–water partition coefficient (Wildman–Crippen LogP) is 2.60. The number of amides is 3. The van der Waals surface area contributed by atoms with Crippen molar-refractivity contribution in [3.8, 4) is 0 Å². The standard InChI is InChI=1S/C27H32N4O4/c1-3-21(28-2)26(34)29-22-14-15-24(32)30-16-8-13-23(31(30)27(22)35)19-11-7-12-20(17-19)25(33)18-9-5-4-6-10-18/h4-7,9-12,17,21-23,28H,3,8,13-16H2,1-2H3,(H,29,34)/t21?,22-,23-/m0/s1. The van der Waals surface area contributed by atoms with Gasteiger partial charge >= 0.3 is 0 Å². The number of benzene rings is 2. The Morgan fingerprint density at radius 3 is 2.49 bits per heavy atom. The molecule has 0 aromatic heterocycles. The fourth-order valence-corrected chi connectivity index (χ4v) is 4.91. The minimum Gasteiger partial charge on any atom is -0.343 e. The molecule has 2 aliphatic rings. The smallest absolute Gasteiger partial charge is 0.264 e. The van der Waals surface area contributed by atoms with Crippen molar-refractivity contribution in [3.63, 3.8) is 0 Å². The molecule has 0 aliphatic carbocycles. The monoisotopic (exact) mass is 476 g/mol. The molecule has 2 N–H and O–H groups in total. The van der Waals surface area contributed by atoms with Crippen LogP contribution in [0.3, 0.4) is 0 Å². The number of carbonyl (C=O) groups is 4. The minimum atomic E-state index is -0.784. The van der Waals surface area contributed by atoms with Crippen LogP contribution < -0.4 is 10.6 Å². The van der Waals surface area contributed by atoms with Crippen molar-refractivity contribution in [1.82, 2.24) is 20.7 Å². The van der Waals surface area contributed by atoms with Crippen LogP contribution in [0.2, 0.25) is 0 Å². The molecule has 0 spiro atoms. The van der Waals surface area contributed by atoms with Crippen molar-refractivity contribution in [3.05, 3.63) is 71.3 Å². The summed E-state index contributed by atoms with van der Waals surface area (Å²) in [7, 11) is 1.71. The van der Waals surface area contributed by atoms with E-state index in [-0.39, 0.29) is 36.3 Å². The van der Waals surface area contributed by atoms with Gasteiger partial charge in [0, 0.05) is 24.1 Å². The second-order valence-corrected chi connectivity index (χ2v) is 9.03. The minimum absolute atomic E-state index is 0.0961. The van der Waals surface area contributed by atoms with Crippen molar-refractivity contribution in [2.75, 3.05) is 13.6 Å². The van der Waals surface area contributed by atoms with E-state index >= 15 is 0 Å². The van der Waals surface area contributed by atoms with E-state index in [1.807, 2.05) is 43.3 Å². The molecule has 2 heterocycles. The van der Waals surface area contributed by atoms with Crippen LogP contribution in [0.25, 0.3) is 0 Å². The first-order chi connectivity index (χ1) is 16.9. The van der Waals surface area contributed by atoms with Crippen molar-refractivity contribution in [2.24, 2.45) is 0 Å². The van der Waals surface area contributed by atoms with Gasteiger partial charge in [0.05, 0.1) is 12.1 Å². The molecule has 0 bridgehead atoms. The van der Waals surface area contributed by atoms with E-state index in [2.05, 4.69) is 10.6 Å². The molecule has 0 radical (unpaired) electrons. The van der Waals surface area contributed by atoms with Gasteiger partial charge in [-0.1, -0.05) is 55.5 Å². The second kappa shape index (κ2) is 10.8. The maximum Gasteiger partial charge on any atom is 0.264 e. The van der Waals surface area contributed by atoms with Gasteiger partial charge in [0.25, 0.3) is 5.91 Å². The fourth-order valence-electron chi connectivity index (χ4n) is 4.91. The largest absolute Gasteiger partial charge is 0.343 e. The lowest BCUT2D eigenvalue weighted by molar-refractivity contribution is -0.174. The SMILES string of the molecule is CCC(NC)C(=O)N[C@H]1CCC(=O)N2CCC[C@@H](c3cccc(C(=O)c4ccccc4)c3)N2C1=O. The first-order valence-corrected chi connectivity index (χ1v) is 12.2. The van der Waals surface area contributed by atoms with E-state index < -0.39 is 18.1 Å². The maximum absolute atomic E-state index is 13.7. The van der Waals surface area contributed by atoms with Crippen molar-refractivity contribution >= 4 is 23.5 Å². The Morgan fingerprint density at radius 2 is 1.77 bits per heavy atom. The van der Waals surface area contributed by atoms with Crippen LogP contribution >= 0.6 is 0 Å². The van der Waals surface area contributed by atoms with Gasteiger partial charge in [-0.25, -0.2) is 5.01 Å². The zero-order valence-electron chi connectivity index (χ0n) is 20.2. The highest BCUT2D eigenvalue weighted by Crippen LogP contribution is 2.35. The molecule has 1 unspecified atom stereocenters. The number of fused-ring (bicyclic) bond motifs is 1. The van der Waals surface area contributed by atoms with Crippen LogP contribution in [0, 0.1) is 0 Å². The molecule has 2 aliphatic heterocycles. The Morgan fingerprint density at radius 1 is 1.03 bits per heavy atom. The average Bonchev–Trinajstić information content (AvgIpc) is 3.01. The van der Waals surface area contributed by atoms with E-state index in [0.717, 1.165) is 12.0 Å². The Hall–Kier alpha value is -3.52. The molecule has 2 aromatic rings. The third-order valence-electron chi connectivity index (χ3n) is 6.82. The third-order valence-corrected chi connectivity index (χ3v) is 6.82. The molecule has 8 heteroatoms. The summed E-state index contributed by atoms with van der Waals surface area (Å²) in [5.41, 5.74) is 1.92. The first kappa shape index (κ1) is 24.6. The molecule has 8 nitrogen and oxygen atoms in total. The van der Waals surface area contributed by atoms with Gasteiger partial charge in [-0.05, 0) is 44.4 Å². The average molecular weight is 477 g/mol. The van der Waals surface area contributed by atoms with Crippen LogP contribution in [0.1, 0.15) is 66.6 Å². The summed E-state index contributed by atoms with van der Waals surface area (Å²) in [5.74, 6) is -0.768. The van der Waals surface area contributed by atoms with E-state index in [9.17, 15) is 19.2 Å². The van der Waals surface area contributed by atoms with Crippen molar-refractivity contribution in [2.45, 2.75) is 57.2 Å². The molecule has 3 amide bonds. The highest BCUT2D eigenvalue weighted by Gasteiger charge is 2.42. The molecule has 2 saturated heterocycles. The van der Waals surface area contributed by atoms with Crippen LogP contribution in [0.4, 0.5) is 0 Å². The van der Waals surface area contributed by atoms with Crippen LogP contribution in [-0.2, 0) is 14.4 Å². The lowest BCUT2D eigenvalue weighted by Gasteiger charge is -2.44. The number of carbonyl (C=O) groups excluding carboxylic acids is 4. The first-order valence-electron chi connectivity index (χ1n) is 12.2. The number of hydrogen-bond donors (Lipinski definition) is 2. The number of nitrogens with zero attached hydrogens (tertiary/aromatic N) is 2. The zero-order chi connectivity index (χ0) is 24.9. The van der Waals surface area contributed by atoms with Crippen LogP contribution in [0.15, 0.2) is 54.6 Å². The summed E-state index contributed by atoms with van der Waals surface area (Å²) in [5, 5.41) is 8.87. The van der Waals surface area contributed by atoms with Gasteiger partial charge in [-0.3, -0.25) is 24.2 Å². The van der Waals surface area contributed by atoms with Gasteiger partial charge in [-0.2, -0.15) is 0 Å². The summed E-state index contributed by atoms with van der Waals surface area (Å²) in [6.45, 7) is 2.35. The molecule has 35 heavy (non-hydrogen) atoms. The topological polar surface area (TPSA) is 98.8 Å². The number of hydrogen-bond acceptors (Lipinski definition) is 5. The lowest BCUT2D eigenvalue weighted by Crippen LogP contribution is -2.58. The summed E-state index contributed by atoms with van der Waals surface area (Å²) in [6, 6.07) is 14.7. The number of nitrogens with one attached hydrogen (secondary N) is 2. The van der Waals surface area contributed by atoms with E-state index in [4.69, 9.17) is 0 Å². The summed E-state index contributed by atoms with van der Waals surface area (Å²) in [6.07, 6.45) is 2.43. The zero-order valence-corrected chi connectivity index (χ0v) is 20.2. The molecular formula is C27H32N4O4. The molecular weight excluding hydrogens is 444 g/mol. The molecule has 4 rings (SSSR count). The van der Waals surface area contributed by atoms with Crippen LogP contribution in [-0.4, -0.2) is 59.2 Å². The lowest BCUT2D eigenvalue weighted by atomic mass is 9.94. The summed E-state index contributed by atoms with van der Waals surface area (Å²) >= 11 is 0. The Bertz CT molecular complexity index is 1100. The summed E-state index contributed by atoms with van der Waals surface area (Å²) < 4.78 is 0. The van der Waals surface area contributed by atoms with Gasteiger partial charge in [0.2, 0.25) is 11.8 Å². The number of ketones is 1. The van der Waals surface area contributed by atoms with Crippen LogP contribution in [0.5, 0.6) is 0 Å². The van der Waals surface area contributed by atoms with Gasteiger partial charge in [0.15, 0.2) is 5.78 Å². The number of likely N-dealkylation sites (N-methyl/N-ethyl adjacent to an activating group) is 1. The van der Waals surface area contributed by atoms with Crippen molar-refractivity contribution in [1.29, 1.82) is 0 Å². The predicted molar refractivity (Wildman–Crippen MR) is 131 cm³/mol. The quantitative estimate of drug-likeness (QED) is 0.599. The highest BCUT2D eigenvalue weighted by molar-refractivity contribution is 6.09. The van der Waals surface area contributed by atoms with E-state index in [1.54, 1.807) is 25.2 Å². The normalized spacial score (nSPS) is 21.2. The van der Waals surface area contributed by atoms with E-state index in [0.29, 0.717) is 30.5 Å². The Kier molecular flexibility index (Phi) is 7.60. The Balaban J connectivity index is 1.63. The third kappa shape index (κ3) is 5.12. The fraction of sp³-hybridized carbons (Fsp3) is 0.407. The highest BCUT2D eigenvalue weighted by atomic mass is 16.2. The molecule has 3 atom stereocenters. The van der Waals surface area contributed by atoms with Gasteiger partial charge in [-0.15, -0.1) is 0 Å². The van der Waals surface area contributed by atoms with Gasteiger partial charge in [0.1, 0.15) is 6.04 Å². The van der Waals surface area contributed by atoms with Gasteiger partial charge < -0.3 is 10.6 Å².